The first-order valence-electron chi connectivity index (χ1n) is 16.6. The maximum absolute atomic E-state index is 14.7. The number of hydrogen-bond acceptors (Lipinski definition) is 5. The number of urea groups is 1. The van der Waals surface area contributed by atoms with E-state index in [1.54, 1.807) is 37.9 Å². The Bertz CT molecular complexity index is 1730. The molecule has 0 bridgehead atoms. The van der Waals surface area contributed by atoms with Gasteiger partial charge in [-0.1, -0.05) is 30.3 Å². The lowest BCUT2D eigenvalue weighted by Gasteiger charge is -2.43. The molecule has 2 saturated heterocycles. The number of piperidine rings is 1. The van der Waals surface area contributed by atoms with E-state index in [9.17, 15) is 35.9 Å². The number of aryl methyl sites for hydroxylation is 1. The number of para-hydroxylation sites is 1. The van der Waals surface area contributed by atoms with E-state index in [0.29, 0.717) is 37.2 Å². The zero-order chi connectivity index (χ0) is 36.2. The molecule has 0 saturated carbocycles. The summed E-state index contributed by atoms with van der Waals surface area (Å²) >= 11 is 0. The largest absolute Gasteiger partial charge is 0.444 e. The van der Waals surface area contributed by atoms with Crippen LogP contribution in [0.15, 0.2) is 48.7 Å². The lowest BCUT2D eigenvalue weighted by atomic mass is 10.00. The number of benzene rings is 2. The van der Waals surface area contributed by atoms with Crippen molar-refractivity contribution in [1.82, 2.24) is 19.6 Å². The summed E-state index contributed by atoms with van der Waals surface area (Å²) in [6.07, 6.45) is -3.63. The Labute approximate surface area is 286 Å². The standard InChI is InChI=1S/C35H40F6N6O3/c1-22-8-7-11-28(36)29(22)43-14-12-25(13-15-43)45-19-24-17-44(20-26-16-34(37,38)21-47(26)32(49)50-33(2,3)4)42-30(24)46(31(45)48)18-23-9-5-6-10-27(23)35(39,40)41/h5-11,17,25-26H,12-16,18-21H2,1-4H3. The molecule has 0 N–H and O–H groups in total. The number of aromatic nitrogens is 2. The van der Waals surface area contributed by atoms with Crippen LogP contribution in [0, 0.1) is 12.7 Å². The van der Waals surface area contributed by atoms with Crippen molar-refractivity contribution in [2.45, 2.75) is 96.4 Å². The smallest absolute Gasteiger partial charge is 0.416 e. The third-order valence-corrected chi connectivity index (χ3v) is 9.35. The van der Waals surface area contributed by atoms with Crippen molar-refractivity contribution in [1.29, 1.82) is 0 Å². The van der Waals surface area contributed by atoms with Crippen molar-refractivity contribution < 1.29 is 40.7 Å². The summed E-state index contributed by atoms with van der Waals surface area (Å²) in [6.45, 7) is 6.31. The summed E-state index contributed by atoms with van der Waals surface area (Å²) in [5.74, 6) is -3.38. The third kappa shape index (κ3) is 7.36. The maximum Gasteiger partial charge on any atom is 0.416 e. The highest BCUT2D eigenvalue weighted by atomic mass is 19.4. The molecule has 9 nitrogen and oxygen atoms in total. The molecule has 3 amide bonds. The zero-order valence-corrected chi connectivity index (χ0v) is 28.3. The summed E-state index contributed by atoms with van der Waals surface area (Å²) in [5.41, 5.74) is -0.120. The summed E-state index contributed by atoms with van der Waals surface area (Å²) in [4.78, 5) is 32.8. The van der Waals surface area contributed by atoms with Gasteiger partial charge in [0.25, 0.3) is 5.92 Å². The highest BCUT2D eigenvalue weighted by Crippen LogP contribution is 2.38. The number of nitrogens with zero attached hydrogens (tertiary/aromatic N) is 6. The van der Waals surface area contributed by atoms with E-state index in [4.69, 9.17) is 4.74 Å². The number of rotatable bonds is 6. The topological polar surface area (TPSA) is 74.2 Å². The molecule has 15 heteroatoms. The highest BCUT2D eigenvalue weighted by Gasteiger charge is 2.49. The molecule has 50 heavy (non-hydrogen) atoms. The molecule has 6 rings (SSSR count). The Morgan fingerprint density at radius 2 is 1.74 bits per heavy atom. The Kier molecular flexibility index (Phi) is 9.23. The van der Waals surface area contributed by atoms with Gasteiger partial charge in [-0.05, 0) is 63.8 Å². The van der Waals surface area contributed by atoms with E-state index < -0.39 is 60.9 Å². The van der Waals surface area contributed by atoms with E-state index in [2.05, 4.69) is 5.10 Å². The van der Waals surface area contributed by atoms with Crippen molar-refractivity contribution >= 4 is 23.6 Å². The molecule has 1 aromatic heterocycles. The molecule has 3 aromatic rings. The van der Waals surface area contributed by atoms with Crippen molar-refractivity contribution in [2.24, 2.45) is 0 Å². The second-order valence-corrected chi connectivity index (χ2v) is 14.3. The number of anilines is 2. The van der Waals surface area contributed by atoms with Crippen LogP contribution >= 0.6 is 0 Å². The monoisotopic (exact) mass is 706 g/mol. The molecular weight excluding hydrogens is 666 g/mol. The number of fused-ring (bicyclic) bond motifs is 1. The Balaban J connectivity index is 1.29. The fourth-order valence-corrected chi connectivity index (χ4v) is 7.15. The van der Waals surface area contributed by atoms with Gasteiger partial charge in [-0.25, -0.2) is 22.8 Å². The zero-order valence-electron chi connectivity index (χ0n) is 28.3. The summed E-state index contributed by atoms with van der Waals surface area (Å²) in [7, 11) is 0. The molecule has 270 valence electrons. The number of likely N-dealkylation sites (tertiary alicyclic amines) is 1. The summed E-state index contributed by atoms with van der Waals surface area (Å²) in [5, 5.41) is 4.54. The van der Waals surface area contributed by atoms with Crippen LogP contribution in [0.5, 0.6) is 0 Å². The Morgan fingerprint density at radius 1 is 1.04 bits per heavy atom. The van der Waals surface area contributed by atoms with Gasteiger partial charge in [0, 0.05) is 37.3 Å². The molecule has 3 aliphatic rings. The number of carbonyl (C=O) groups is 2. The number of halogens is 6. The van der Waals surface area contributed by atoms with Crippen LogP contribution < -0.4 is 9.80 Å². The maximum atomic E-state index is 14.7. The first-order valence-corrected chi connectivity index (χ1v) is 16.6. The van der Waals surface area contributed by atoms with Gasteiger partial charge < -0.3 is 14.5 Å². The summed E-state index contributed by atoms with van der Waals surface area (Å²) in [6, 6.07) is 8.03. The fraction of sp³-hybridized carbons (Fsp3) is 0.514. The predicted octanol–water partition coefficient (Wildman–Crippen LogP) is 7.61. The predicted molar refractivity (Wildman–Crippen MR) is 173 cm³/mol. The molecule has 0 aliphatic carbocycles. The Morgan fingerprint density at radius 3 is 2.40 bits per heavy atom. The van der Waals surface area contributed by atoms with Crippen LogP contribution in [-0.4, -0.2) is 74.9 Å². The molecule has 1 atom stereocenters. The molecule has 0 spiro atoms. The average molecular weight is 707 g/mol. The minimum atomic E-state index is -4.67. The van der Waals surface area contributed by atoms with E-state index in [1.807, 2.05) is 17.9 Å². The molecule has 4 heterocycles. The quantitative estimate of drug-likeness (QED) is 0.247. The van der Waals surface area contributed by atoms with Gasteiger partial charge in [0.15, 0.2) is 5.82 Å². The number of ether oxygens (including phenoxy) is 1. The lowest BCUT2D eigenvalue weighted by molar-refractivity contribution is -0.138. The van der Waals surface area contributed by atoms with Crippen LogP contribution in [0.4, 0.5) is 47.4 Å². The van der Waals surface area contributed by atoms with Gasteiger partial charge in [-0.15, -0.1) is 0 Å². The first kappa shape index (κ1) is 35.4. The number of alkyl halides is 5. The van der Waals surface area contributed by atoms with Gasteiger partial charge in [-0.3, -0.25) is 14.5 Å². The van der Waals surface area contributed by atoms with Crippen molar-refractivity contribution in [2.75, 3.05) is 29.4 Å². The van der Waals surface area contributed by atoms with Crippen molar-refractivity contribution in [3.8, 4) is 0 Å². The second-order valence-electron chi connectivity index (χ2n) is 14.3. The normalized spacial score (nSPS) is 20.0. The number of amides is 3. The molecule has 1 unspecified atom stereocenters. The molecular formula is C35H40F6N6O3. The van der Waals surface area contributed by atoms with Crippen LogP contribution in [0.1, 0.15) is 62.3 Å². The minimum absolute atomic E-state index is 0.0889. The van der Waals surface area contributed by atoms with Crippen molar-refractivity contribution in [3.63, 3.8) is 0 Å². The molecule has 0 radical (unpaired) electrons. The fourth-order valence-electron chi connectivity index (χ4n) is 7.15. The van der Waals surface area contributed by atoms with Crippen LogP contribution in [0.3, 0.4) is 0 Å². The van der Waals surface area contributed by atoms with Gasteiger partial charge in [-0.2, -0.15) is 18.3 Å². The third-order valence-electron chi connectivity index (χ3n) is 9.35. The average Bonchev–Trinajstić information content (AvgIpc) is 3.56. The SMILES string of the molecule is Cc1cccc(F)c1N1CCC(N2Cc3cn(CC4CC(F)(F)CN4C(=O)OC(C)(C)C)nc3N(Cc3ccccc3C(F)(F)F)C2=O)CC1. The van der Waals surface area contributed by atoms with E-state index in [-0.39, 0.29) is 36.3 Å². The van der Waals surface area contributed by atoms with Gasteiger partial charge in [0.05, 0.1) is 43.5 Å². The van der Waals surface area contributed by atoms with Crippen molar-refractivity contribution in [3.05, 3.63) is 76.7 Å². The second kappa shape index (κ2) is 13.0. The minimum Gasteiger partial charge on any atom is -0.444 e. The number of carbonyl (C=O) groups excluding carboxylic acids is 2. The van der Waals surface area contributed by atoms with E-state index in [0.717, 1.165) is 16.5 Å². The number of hydrogen-bond donors (Lipinski definition) is 0. The van der Waals surface area contributed by atoms with E-state index in [1.165, 1.54) is 33.8 Å². The lowest BCUT2D eigenvalue weighted by Crippen LogP contribution is -2.54. The highest BCUT2D eigenvalue weighted by molar-refractivity contribution is 5.94. The molecule has 2 fully saturated rings. The molecule has 2 aromatic carbocycles. The summed E-state index contributed by atoms with van der Waals surface area (Å²) < 4.78 is 92.9. The van der Waals surface area contributed by atoms with E-state index >= 15 is 0 Å². The van der Waals surface area contributed by atoms with Gasteiger partial charge in [0.2, 0.25) is 0 Å². The first-order chi connectivity index (χ1) is 23.4. The van der Waals surface area contributed by atoms with Crippen LogP contribution in [-0.2, 0) is 30.5 Å². The van der Waals surface area contributed by atoms with Gasteiger partial charge in [0.1, 0.15) is 11.4 Å². The Hall–Kier alpha value is -4.43. The van der Waals surface area contributed by atoms with Crippen LogP contribution in [0.2, 0.25) is 0 Å². The van der Waals surface area contributed by atoms with Gasteiger partial charge >= 0.3 is 18.3 Å². The van der Waals surface area contributed by atoms with Crippen LogP contribution in [0.25, 0.3) is 0 Å². The molecule has 3 aliphatic heterocycles.